The number of hydrogen-bond donors (Lipinski definition) is 0. The largest absolute Gasteiger partial charge is 0.494 e. The quantitative estimate of drug-likeness (QED) is 0.176. The molecule has 0 aliphatic carbocycles. The molecule has 0 spiro atoms. The van der Waals surface area contributed by atoms with Crippen LogP contribution in [0.2, 0.25) is 5.02 Å². The molecule has 0 radical (unpaired) electrons. The normalized spacial score (nSPS) is 11.0. The van der Waals surface area contributed by atoms with Crippen LogP contribution >= 0.6 is 11.6 Å². The maximum absolute atomic E-state index is 5.99. The predicted molar refractivity (Wildman–Crippen MR) is 144 cm³/mol. The van der Waals surface area contributed by atoms with Gasteiger partial charge >= 0.3 is 0 Å². The molecule has 4 rings (SSSR count). The Bertz CT molecular complexity index is 1150. The van der Waals surface area contributed by atoms with Gasteiger partial charge in [-0.05, 0) is 66.1 Å². The predicted octanol–water partition coefficient (Wildman–Crippen LogP) is 9.24. The molecular formula is C30H33ClN2O2. The lowest BCUT2D eigenvalue weighted by atomic mass is 10.0. The summed E-state index contributed by atoms with van der Waals surface area (Å²) in [5.41, 5.74) is 3.97. The number of unbranched alkanes of at least 4 members (excludes halogenated alkanes) is 7. The molecular weight excluding hydrogens is 456 g/mol. The highest BCUT2D eigenvalue weighted by Crippen LogP contribution is 2.28. The first-order valence-corrected chi connectivity index (χ1v) is 13.0. The molecule has 0 unspecified atom stereocenters. The van der Waals surface area contributed by atoms with Gasteiger partial charge in [0.25, 0.3) is 0 Å². The van der Waals surface area contributed by atoms with Crippen molar-refractivity contribution in [2.24, 2.45) is 0 Å². The van der Waals surface area contributed by atoms with Crippen molar-refractivity contribution >= 4 is 11.6 Å². The molecule has 0 saturated heterocycles. The van der Waals surface area contributed by atoms with Gasteiger partial charge in [-0.15, -0.1) is 10.2 Å². The van der Waals surface area contributed by atoms with Crippen molar-refractivity contribution < 1.29 is 9.15 Å². The van der Waals surface area contributed by atoms with E-state index in [4.69, 9.17) is 20.8 Å². The number of nitrogens with zero attached hydrogens (tertiary/aromatic N) is 2. The Hall–Kier alpha value is -3.11. The van der Waals surface area contributed by atoms with Gasteiger partial charge in [-0.2, -0.15) is 0 Å². The maximum atomic E-state index is 5.99. The van der Waals surface area contributed by atoms with Crippen molar-refractivity contribution in [3.8, 4) is 39.8 Å². The van der Waals surface area contributed by atoms with Crippen LogP contribution in [0.15, 0.2) is 77.2 Å². The van der Waals surface area contributed by atoms with Gasteiger partial charge in [-0.1, -0.05) is 87.7 Å². The lowest BCUT2D eigenvalue weighted by Gasteiger charge is -2.06. The van der Waals surface area contributed by atoms with Gasteiger partial charge in [-0.3, -0.25) is 0 Å². The molecule has 1 heterocycles. The van der Waals surface area contributed by atoms with Gasteiger partial charge in [0, 0.05) is 16.1 Å². The molecule has 182 valence electrons. The van der Waals surface area contributed by atoms with Crippen LogP contribution in [-0.4, -0.2) is 16.8 Å². The topological polar surface area (TPSA) is 48.2 Å². The lowest BCUT2D eigenvalue weighted by Crippen LogP contribution is -1.97. The second-order valence-corrected chi connectivity index (χ2v) is 9.28. The Balaban J connectivity index is 1.26. The molecule has 0 amide bonds. The zero-order chi connectivity index (χ0) is 24.3. The number of hydrogen-bond acceptors (Lipinski definition) is 4. The molecule has 0 bridgehead atoms. The second-order valence-electron chi connectivity index (χ2n) is 8.84. The van der Waals surface area contributed by atoms with E-state index in [1.165, 1.54) is 44.9 Å². The highest BCUT2D eigenvalue weighted by atomic mass is 35.5. The second kappa shape index (κ2) is 13.1. The monoisotopic (exact) mass is 488 g/mol. The Morgan fingerprint density at radius 2 is 1.06 bits per heavy atom. The van der Waals surface area contributed by atoms with Crippen LogP contribution in [0.1, 0.15) is 58.3 Å². The Morgan fingerprint density at radius 1 is 0.600 bits per heavy atom. The number of aromatic nitrogens is 2. The van der Waals surface area contributed by atoms with Gasteiger partial charge in [0.05, 0.1) is 6.61 Å². The Kier molecular flexibility index (Phi) is 9.36. The first-order valence-electron chi connectivity index (χ1n) is 12.7. The smallest absolute Gasteiger partial charge is 0.248 e. The standard InChI is InChI=1S/C30H33ClN2O2/c1-2-3-4-5-6-7-8-9-22-34-28-20-16-26(17-21-28)30-33-32-29(35-30)25-12-10-23(11-13-25)24-14-18-27(31)19-15-24/h10-21H,2-9,22H2,1H3. The minimum atomic E-state index is 0.497. The molecule has 5 heteroatoms. The van der Waals surface area contributed by atoms with Gasteiger partial charge in [0.2, 0.25) is 11.8 Å². The summed E-state index contributed by atoms with van der Waals surface area (Å²) in [6.45, 7) is 3.01. The van der Waals surface area contributed by atoms with E-state index < -0.39 is 0 Å². The molecule has 0 saturated carbocycles. The van der Waals surface area contributed by atoms with Crippen molar-refractivity contribution in [3.63, 3.8) is 0 Å². The van der Waals surface area contributed by atoms with Crippen LogP contribution in [0, 0.1) is 0 Å². The van der Waals surface area contributed by atoms with Crippen LogP contribution in [0.5, 0.6) is 5.75 Å². The van der Waals surface area contributed by atoms with Crippen LogP contribution in [-0.2, 0) is 0 Å². The van der Waals surface area contributed by atoms with E-state index in [1.54, 1.807) is 0 Å². The fraction of sp³-hybridized carbons (Fsp3) is 0.333. The van der Waals surface area contributed by atoms with Crippen molar-refractivity contribution in [2.45, 2.75) is 58.3 Å². The first-order chi connectivity index (χ1) is 17.2. The minimum Gasteiger partial charge on any atom is -0.494 e. The number of benzene rings is 3. The molecule has 0 fully saturated rings. The summed E-state index contributed by atoms with van der Waals surface area (Å²) in [6.07, 6.45) is 10.4. The number of rotatable bonds is 13. The van der Waals surface area contributed by atoms with E-state index in [0.29, 0.717) is 11.8 Å². The van der Waals surface area contributed by atoms with Gasteiger partial charge in [0.15, 0.2) is 0 Å². The molecule has 0 N–H and O–H groups in total. The van der Waals surface area contributed by atoms with Crippen molar-refractivity contribution in [2.75, 3.05) is 6.61 Å². The van der Waals surface area contributed by atoms with E-state index in [-0.39, 0.29) is 0 Å². The minimum absolute atomic E-state index is 0.497. The van der Waals surface area contributed by atoms with Gasteiger partial charge in [0.1, 0.15) is 5.75 Å². The van der Waals surface area contributed by atoms with Gasteiger partial charge < -0.3 is 9.15 Å². The Morgan fingerprint density at radius 3 is 1.63 bits per heavy atom. The summed E-state index contributed by atoms with van der Waals surface area (Å²) >= 11 is 5.99. The third kappa shape index (κ3) is 7.43. The van der Waals surface area contributed by atoms with E-state index >= 15 is 0 Å². The summed E-state index contributed by atoms with van der Waals surface area (Å²) in [7, 11) is 0. The summed E-state index contributed by atoms with van der Waals surface area (Å²) in [6, 6.07) is 23.7. The zero-order valence-corrected chi connectivity index (χ0v) is 21.1. The third-order valence-electron chi connectivity index (χ3n) is 6.10. The maximum Gasteiger partial charge on any atom is 0.248 e. The van der Waals surface area contributed by atoms with Crippen LogP contribution < -0.4 is 4.74 Å². The fourth-order valence-corrected chi connectivity index (χ4v) is 4.15. The van der Waals surface area contributed by atoms with Crippen molar-refractivity contribution in [1.29, 1.82) is 0 Å². The van der Waals surface area contributed by atoms with Crippen molar-refractivity contribution in [1.82, 2.24) is 10.2 Å². The average molecular weight is 489 g/mol. The van der Waals surface area contributed by atoms with Crippen LogP contribution in [0.25, 0.3) is 34.0 Å². The molecule has 0 atom stereocenters. The van der Waals surface area contributed by atoms with Crippen LogP contribution in [0.4, 0.5) is 0 Å². The molecule has 0 aliphatic rings. The van der Waals surface area contributed by atoms with E-state index in [9.17, 15) is 0 Å². The SMILES string of the molecule is CCCCCCCCCCOc1ccc(-c2nnc(-c3ccc(-c4ccc(Cl)cc4)cc3)o2)cc1. The van der Waals surface area contributed by atoms with Crippen LogP contribution in [0.3, 0.4) is 0 Å². The number of halogens is 1. The molecule has 0 aliphatic heterocycles. The molecule has 1 aromatic heterocycles. The molecule has 3 aromatic carbocycles. The average Bonchev–Trinajstić information content (AvgIpc) is 3.39. The van der Waals surface area contributed by atoms with Crippen molar-refractivity contribution in [3.05, 3.63) is 77.8 Å². The van der Waals surface area contributed by atoms with Gasteiger partial charge in [-0.25, -0.2) is 0 Å². The Labute approximate surface area is 213 Å². The summed E-state index contributed by atoms with van der Waals surface area (Å²) in [5, 5.41) is 9.20. The summed E-state index contributed by atoms with van der Waals surface area (Å²) in [5.74, 6) is 1.86. The van der Waals surface area contributed by atoms with E-state index in [2.05, 4.69) is 17.1 Å². The highest BCUT2D eigenvalue weighted by molar-refractivity contribution is 6.30. The van der Waals surface area contributed by atoms with E-state index in [0.717, 1.165) is 46.1 Å². The molecule has 35 heavy (non-hydrogen) atoms. The zero-order valence-electron chi connectivity index (χ0n) is 20.4. The molecule has 4 nitrogen and oxygen atoms in total. The fourth-order valence-electron chi connectivity index (χ4n) is 4.02. The highest BCUT2D eigenvalue weighted by Gasteiger charge is 2.11. The lowest BCUT2D eigenvalue weighted by molar-refractivity contribution is 0.304. The van der Waals surface area contributed by atoms with E-state index in [1.807, 2.05) is 72.8 Å². The molecule has 4 aromatic rings. The number of ether oxygens (including phenoxy) is 1. The summed E-state index contributed by atoms with van der Waals surface area (Å²) < 4.78 is 11.8. The summed E-state index contributed by atoms with van der Waals surface area (Å²) in [4.78, 5) is 0. The third-order valence-corrected chi connectivity index (χ3v) is 6.35. The first kappa shape index (κ1) is 25.0.